The Morgan fingerprint density at radius 3 is 2.56 bits per heavy atom. The summed E-state index contributed by atoms with van der Waals surface area (Å²) in [5.74, 6) is -0.706. The maximum absolute atomic E-state index is 12.5. The highest BCUT2D eigenvalue weighted by molar-refractivity contribution is 7.10. The van der Waals surface area contributed by atoms with Gasteiger partial charge in [0.1, 0.15) is 17.4 Å². The SMILES string of the molecule is Cc1cc(OCC(=O)C(C#N)c2nc(-c3ccccc3)cs2)cc(C)c1Cl. The van der Waals surface area contributed by atoms with Crippen molar-refractivity contribution in [3.8, 4) is 23.1 Å². The van der Waals surface area contributed by atoms with Crippen LogP contribution in [0.25, 0.3) is 11.3 Å². The monoisotopic (exact) mass is 396 g/mol. The zero-order valence-corrected chi connectivity index (χ0v) is 16.5. The maximum Gasteiger partial charge on any atom is 0.194 e. The highest BCUT2D eigenvalue weighted by Gasteiger charge is 2.24. The lowest BCUT2D eigenvalue weighted by Crippen LogP contribution is -2.19. The summed E-state index contributed by atoms with van der Waals surface area (Å²) in [4.78, 5) is 17.0. The highest BCUT2D eigenvalue weighted by Crippen LogP contribution is 2.28. The zero-order valence-electron chi connectivity index (χ0n) is 14.9. The Morgan fingerprint density at radius 1 is 1.26 bits per heavy atom. The van der Waals surface area contributed by atoms with Crippen LogP contribution < -0.4 is 4.74 Å². The van der Waals surface area contributed by atoms with Crippen LogP contribution in [0.4, 0.5) is 0 Å². The van der Waals surface area contributed by atoms with Crippen molar-refractivity contribution in [2.45, 2.75) is 19.8 Å². The molecule has 0 aliphatic carbocycles. The average Bonchev–Trinajstić information content (AvgIpc) is 3.15. The molecular weight excluding hydrogens is 380 g/mol. The molecule has 0 fully saturated rings. The van der Waals surface area contributed by atoms with Crippen molar-refractivity contribution < 1.29 is 9.53 Å². The van der Waals surface area contributed by atoms with Crippen LogP contribution in [0.5, 0.6) is 5.75 Å². The smallest absolute Gasteiger partial charge is 0.194 e. The third kappa shape index (κ3) is 4.36. The number of carbonyl (C=O) groups is 1. The minimum absolute atomic E-state index is 0.195. The molecule has 0 saturated carbocycles. The van der Waals surface area contributed by atoms with Gasteiger partial charge in [0.25, 0.3) is 0 Å². The standard InChI is InChI=1S/C21H17ClN2O2S/c1-13-8-16(9-14(2)20(13)22)26-11-19(25)17(10-23)21-24-18(12-27-21)15-6-4-3-5-7-15/h3-9,12,17H,11H2,1-2H3. The second-order valence-corrected chi connectivity index (χ2v) is 7.39. The molecule has 0 radical (unpaired) electrons. The van der Waals surface area contributed by atoms with E-state index in [1.807, 2.05) is 55.6 Å². The van der Waals surface area contributed by atoms with Crippen molar-refractivity contribution in [1.29, 1.82) is 5.26 Å². The van der Waals surface area contributed by atoms with Gasteiger partial charge in [-0.05, 0) is 37.1 Å². The summed E-state index contributed by atoms with van der Waals surface area (Å²) in [5.41, 5.74) is 3.47. The number of aryl methyl sites for hydroxylation is 2. The molecule has 1 unspecified atom stereocenters. The van der Waals surface area contributed by atoms with Crippen LogP contribution in [-0.2, 0) is 4.79 Å². The first-order chi connectivity index (χ1) is 13.0. The zero-order chi connectivity index (χ0) is 19.4. The van der Waals surface area contributed by atoms with E-state index in [1.54, 1.807) is 12.1 Å². The molecule has 27 heavy (non-hydrogen) atoms. The first-order valence-electron chi connectivity index (χ1n) is 8.32. The quantitative estimate of drug-likeness (QED) is 0.564. The molecule has 0 amide bonds. The summed E-state index contributed by atoms with van der Waals surface area (Å²) in [6.07, 6.45) is 0. The number of nitrogens with zero attached hydrogens (tertiary/aromatic N) is 2. The Balaban J connectivity index is 1.72. The van der Waals surface area contributed by atoms with Gasteiger partial charge in [0.2, 0.25) is 0 Å². The van der Waals surface area contributed by atoms with Gasteiger partial charge < -0.3 is 4.74 Å². The van der Waals surface area contributed by atoms with Crippen LogP contribution in [0.3, 0.4) is 0 Å². The Hall–Kier alpha value is -2.68. The Morgan fingerprint density at radius 2 is 1.93 bits per heavy atom. The molecular formula is C21H17ClN2O2S. The lowest BCUT2D eigenvalue weighted by molar-refractivity contribution is -0.121. The lowest BCUT2D eigenvalue weighted by atomic mass is 10.1. The largest absolute Gasteiger partial charge is 0.486 e. The van der Waals surface area contributed by atoms with Crippen LogP contribution in [0, 0.1) is 25.2 Å². The van der Waals surface area contributed by atoms with E-state index in [4.69, 9.17) is 16.3 Å². The number of carbonyl (C=O) groups excluding carboxylic acids is 1. The van der Waals surface area contributed by atoms with E-state index in [0.717, 1.165) is 22.4 Å². The number of hydrogen-bond donors (Lipinski definition) is 0. The Bertz CT molecular complexity index is 986. The van der Waals surface area contributed by atoms with E-state index in [9.17, 15) is 10.1 Å². The molecule has 0 spiro atoms. The number of thiazole rings is 1. The fourth-order valence-corrected chi connectivity index (χ4v) is 3.66. The van der Waals surface area contributed by atoms with Crippen molar-refractivity contribution in [1.82, 2.24) is 4.98 Å². The Kier molecular flexibility index (Phi) is 5.90. The predicted molar refractivity (Wildman–Crippen MR) is 107 cm³/mol. The number of nitriles is 1. The van der Waals surface area contributed by atoms with Crippen LogP contribution in [0.1, 0.15) is 22.1 Å². The molecule has 3 rings (SSSR count). The molecule has 2 aromatic carbocycles. The van der Waals surface area contributed by atoms with Crippen molar-refractivity contribution in [2.75, 3.05) is 6.61 Å². The van der Waals surface area contributed by atoms with Crippen molar-refractivity contribution in [2.24, 2.45) is 0 Å². The van der Waals surface area contributed by atoms with Gasteiger partial charge in [-0.2, -0.15) is 5.26 Å². The fraction of sp³-hybridized carbons (Fsp3) is 0.190. The first-order valence-corrected chi connectivity index (χ1v) is 9.58. The number of Topliss-reactive ketones (excluding diaryl/α,β-unsaturated/α-hetero) is 1. The summed E-state index contributed by atoms with van der Waals surface area (Å²) in [7, 11) is 0. The highest BCUT2D eigenvalue weighted by atomic mass is 35.5. The van der Waals surface area contributed by atoms with Crippen molar-refractivity contribution >= 4 is 28.7 Å². The molecule has 0 bridgehead atoms. The number of benzene rings is 2. The Labute approximate surface area is 167 Å². The first kappa shape index (κ1) is 19.1. The van der Waals surface area contributed by atoms with Crippen LogP contribution in [0.2, 0.25) is 5.02 Å². The second-order valence-electron chi connectivity index (χ2n) is 6.13. The van der Waals surface area contributed by atoms with Crippen LogP contribution >= 0.6 is 22.9 Å². The molecule has 6 heteroatoms. The number of rotatable bonds is 6. The normalized spacial score (nSPS) is 11.6. The van der Waals surface area contributed by atoms with Gasteiger partial charge in [0.05, 0.1) is 11.8 Å². The van der Waals surface area contributed by atoms with E-state index in [1.165, 1.54) is 11.3 Å². The minimum Gasteiger partial charge on any atom is -0.486 e. The molecule has 4 nitrogen and oxygen atoms in total. The summed E-state index contributed by atoms with van der Waals surface area (Å²) >= 11 is 7.45. The number of ether oxygens (including phenoxy) is 1. The average molecular weight is 397 g/mol. The van der Waals surface area contributed by atoms with Gasteiger partial charge in [-0.15, -0.1) is 11.3 Å². The molecule has 1 atom stereocenters. The summed E-state index contributed by atoms with van der Waals surface area (Å²) in [6.45, 7) is 3.56. The van der Waals surface area contributed by atoms with E-state index in [-0.39, 0.29) is 12.4 Å². The van der Waals surface area contributed by atoms with Gasteiger partial charge >= 0.3 is 0 Å². The third-order valence-electron chi connectivity index (χ3n) is 4.08. The van der Waals surface area contributed by atoms with Crippen molar-refractivity contribution in [3.63, 3.8) is 0 Å². The third-order valence-corrected chi connectivity index (χ3v) is 5.59. The molecule has 0 saturated heterocycles. The molecule has 3 aromatic rings. The molecule has 136 valence electrons. The molecule has 0 N–H and O–H groups in total. The topological polar surface area (TPSA) is 63.0 Å². The van der Waals surface area contributed by atoms with Gasteiger partial charge in [-0.1, -0.05) is 41.9 Å². The van der Waals surface area contributed by atoms with E-state index >= 15 is 0 Å². The summed E-state index contributed by atoms with van der Waals surface area (Å²) in [6, 6.07) is 15.3. The number of halogens is 1. The number of aromatic nitrogens is 1. The molecule has 1 aromatic heterocycles. The molecule has 1 heterocycles. The predicted octanol–water partition coefficient (Wildman–Crippen LogP) is 5.34. The van der Waals surface area contributed by atoms with Gasteiger partial charge in [0, 0.05) is 16.0 Å². The summed E-state index contributed by atoms with van der Waals surface area (Å²) in [5, 5.41) is 12.5. The minimum atomic E-state index is -0.943. The van der Waals surface area contributed by atoms with Crippen LogP contribution in [-0.4, -0.2) is 17.4 Å². The van der Waals surface area contributed by atoms with Gasteiger partial charge in [0.15, 0.2) is 11.7 Å². The second kappa shape index (κ2) is 8.34. The fourth-order valence-electron chi connectivity index (χ4n) is 2.65. The molecule has 0 aliphatic heterocycles. The number of ketones is 1. The molecule has 0 aliphatic rings. The van der Waals surface area contributed by atoms with E-state index < -0.39 is 5.92 Å². The van der Waals surface area contributed by atoms with E-state index in [2.05, 4.69) is 4.98 Å². The van der Waals surface area contributed by atoms with Crippen molar-refractivity contribution in [3.05, 3.63) is 69.0 Å². The lowest BCUT2D eigenvalue weighted by Gasteiger charge is -2.10. The maximum atomic E-state index is 12.5. The van der Waals surface area contributed by atoms with E-state index in [0.29, 0.717) is 15.8 Å². The number of hydrogen-bond acceptors (Lipinski definition) is 5. The van der Waals surface area contributed by atoms with Gasteiger partial charge in [-0.25, -0.2) is 4.98 Å². The van der Waals surface area contributed by atoms with Crippen LogP contribution in [0.15, 0.2) is 47.8 Å². The van der Waals surface area contributed by atoms with Gasteiger partial charge in [-0.3, -0.25) is 4.79 Å². The summed E-state index contributed by atoms with van der Waals surface area (Å²) < 4.78 is 5.60.